The quantitative estimate of drug-likeness (QED) is 0.750. The number of anilines is 1. The number of ether oxygens (including phenoxy) is 1. The molecule has 88 valence electrons. The number of carbonyl (C=O) groups excluding carboxylic acids is 1. The first-order chi connectivity index (χ1) is 7.33. The van der Waals surface area contributed by atoms with Gasteiger partial charge in [-0.3, -0.25) is 4.79 Å². The van der Waals surface area contributed by atoms with E-state index in [1.165, 1.54) is 7.11 Å². The van der Waals surface area contributed by atoms with Gasteiger partial charge in [0.15, 0.2) is 0 Å². The zero-order valence-electron chi connectivity index (χ0n) is 10.1. The molecule has 1 aromatic carbocycles. The lowest BCUT2D eigenvalue weighted by atomic mass is 10.1. The number of methoxy groups -OCH3 is 1. The van der Waals surface area contributed by atoms with Gasteiger partial charge in [0, 0.05) is 17.3 Å². The Kier molecular flexibility index (Phi) is 3.42. The summed E-state index contributed by atoms with van der Waals surface area (Å²) in [6.07, 6.45) is 0. The fourth-order valence-corrected chi connectivity index (χ4v) is 1.30. The number of nitrogens with two attached hydrogens (primary N) is 1. The van der Waals surface area contributed by atoms with E-state index in [9.17, 15) is 4.79 Å². The van der Waals surface area contributed by atoms with E-state index in [0.717, 1.165) is 0 Å². The summed E-state index contributed by atoms with van der Waals surface area (Å²) in [6, 6.07) is 4.98. The highest BCUT2D eigenvalue weighted by Crippen LogP contribution is 2.21. The normalized spacial score (nSPS) is 11.0. The zero-order chi connectivity index (χ0) is 12.3. The molecule has 4 heteroatoms. The van der Waals surface area contributed by atoms with E-state index in [1.807, 2.05) is 20.8 Å². The minimum atomic E-state index is -0.274. The molecule has 1 aromatic rings. The SMILES string of the molecule is COc1cc(N)ccc1C(=O)NC(C)(C)C. The summed E-state index contributed by atoms with van der Waals surface area (Å²) < 4.78 is 5.12. The molecule has 1 rings (SSSR count). The topological polar surface area (TPSA) is 64.3 Å². The maximum atomic E-state index is 11.9. The van der Waals surface area contributed by atoms with E-state index in [2.05, 4.69) is 5.32 Å². The molecule has 0 aliphatic heterocycles. The number of amides is 1. The van der Waals surface area contributed by atoms with E-state index in [-0.39, 0.29) is 11.4 Å². The van der Waals surface area contributed by atoms with Crippen molar-refractivity contribution < 1.29 is 9.53 Å². The largest absolute Gasteiger partial charge is 0.496 e. The van der Waals surface area contributed by atoms with Gasteiger partial charge in [-0.2, -0.15) is 0 Å². The van der Waals surface area contributed by atoms with Gasteiger partial charge in [-0.25, -0.2) is 0 Å². The molecule has 3 N–H and O–H groups in total. The molecule has 1 amide bonds. The molecule has 0 aliphatic rings. The fraction of sp³-hybridized carbons (Fsp3) is 0.417. The van der Waals surface area contributed by atoms with Gasteiger partial charge in [0.05, 0.1) is 12.7 Å². The van der Waals surface area contributed by atoms with Crippen molar-refractivity contribution in [2.75, 3.05) is 12.8 Å². The lowest BCUT2D eigenvalue weighted by Gasteiger charge is -2.21. The van der Waals surface area contributed by atoms with Crippen LogP contribution in [0.3, 0.4) is 0 Å². The molecular weight excluding hydrogens is 204 g/mol. The molecule has 0 saturated heterocycles. The minimum absolute atomic E-state index is 0.163. The third-order valence-corrected chi connectivity index (χ3v) is 1.96. The van der Waals surface area contributed by atoms with E-state index in [4.69, 9.17) is 10.5 Å². The third-order valence-electron chi connectivity index (χ3n) is 1.96. The van der Waals surface area contributed by atoms with Crippen molar-refractivity contribution in [1.82, 2.24) is 5.32 Å². The molecule has 0 bridgehead atoms. The summed E-state index contributed by atoms with van der Waals surface area (Å²) in [4.78, 5) is 11.9. The third kappa shape index (κ3) is 3.15. The molecule has 0 aliphatic carbocycles. The van der Waals surface area contributed by atoms with Crippen LogP contribution >= 0.6 is 0 Å². The molecule has 0 aromatic heterocycles. The number of hydrogen-bond donors (Lipinski definition) is 2. The minimum Gasteiger partial charge on any atom is -0.496 e. The van der Waals surface area contributed by atoms with Gasteiger partial charge < -0.3 is 15.8 Å². The predicted octanol–water partition coefficient (Wildman–Crippen LogP) is 1.81. The summed E-state index contributed by atoms with van der Waals surface area (Å²) in [7, 11) is 1.52. The van der Waals surface area contributed by atoms with E-state index in [0.29, 0.717) is 17.0 Å². The number of benzene rings is 1. The maximum absolute atomic E-state index is 11.9. The van der Waals surface area contributed by atoms with Gasteiger partial charge in [-0.05, 0) is 32.9 Å². The van der Waals surface area contributed by atoms with Crippen LogP contribution in [0, 0.1) is 0 Å². The molecule has 16 heavy (non-hydrogen) atoms. The molecular formula is C12H18N2O2. The first-order valence-electron chi connectivity index (χ1n) is 5.09. The van der Waals surface area contributed by atoms with Crippen LogP contribution in [0.25, 0.3) is 0 Å². The Labute approximate surface area is 95.8 Å². The zero-order valence-corrected chi connectivity index (χ0v) is 10.1. The molecule has 0 atom stereocenters. The Morgan fingerprint density at radius 3 is 2.50 bits per heavy atom. The second kappa shape index (κ2) is 4.43. The van der Waals surface area contributed by atoms with Crippen LogP contribution in [0.2, 0.25) is 0 Å². The van der Waals surface area contributed by atoms with Gasteiger partial charge in [0.2, 0.25) is 0 Å². The Hall–Kier alpha value is -1.71. The van der Waals surface area contributed by atoms with Crippen LogP contribution in [-0.4, -0.2) is 18.6 Å². The Balaban J connectivity index is 2.99. The molecule has 0 radical (unpaired) electrons. The van der Waals surface area contributed by atoms with Crippen molar-refractivity contribution in [3.63, 3.8) is 0 Å². The van der Waals surface area contributed by atoms with Gasteiger partial charge in [0.25, 0.3) is 5.91 Å². The van der Waals surface area contributed by atoms with E-state index >= 15 is 0 Å². The average Bonchev–Trinajstić information content (AvgIpc) is 2.14. The van der Waals surface area contributed by atoms with Crippen LogP contribution in [0.15, 0.2) is 18.2 Å². The average molecular weight is 222 g/mol. The fourth-order valence-electron chi connectivity index (χ4n) is 1.30. The highest BCUT2D eigenvalue weighted by molar-refractivity contribution is 5.97. The first-order valence-corrected chi connectivity index (χ1v) is 5.09. The van der Waals surface area contributed by atoms with Crippen LogP contribution in [-0.2, 0) is 0 Å². The standard InChI is InChI=1S/C12H18N2O2/c1-12(2,3)14-11(15)9-6-5-8(13)7-10(9)16-4/h5-7H,13H2,1-4H3,(H,14,15). The van der Waals surface area contributed by atoms with Gasteiger partial charge in [-0.1, -0.05) is 0 Å². The summed E-state index contributed by atoms with van der Waals surface area (Å²) in [6.45, 7) is 5.78. The van der Waals surface area contributed by atoms with Crippen LogP contribution in [0.5, 0.6) is 5.75 Å². The lowest BCUT2D eigenvalue weighted by Crippen LogP contribution is -2.40. The van der Waals surface area contributed by atoms with Gasteiger partial charge in [-0.15, -0.1) is 0 Å². The lowest BCUT2D eigenvalue weighted by molar-refractivity contribution is 0.0916. The van der Waals surface area contributed by atoms with Crippen molar-refractivity contribution in [1.29, 1.82) is 0 Å². The number of hydrogen-bond acceptors (Lipinski definition) is 3. The first kappa shape index (κ1) is 12.4. The monoisotopic (exact) mass is 222 g/mol. The van der Waals surface area contributed by atoms with Crippen LogP contribution in [0.1, 0.15) is 31.1 Å². The second-order valence-corrected chi connectivity index (χ2v) is 4.66. The van der Waals surface area contributed by atoms with E-state index in [1.54, 1.807) is 18.2 Å². The number of carbonyl (C=O) groups is 1. The molecule has 0 fully saturated rings. The highest BCUT2D eigenvalue weighted by atomic mass is 16.5. The molecule has 4 nitrogen and oxygen atoms in total. The molecule has 0 spiro atoms. The number of nitrogen functional groups attached to an aromatic ring is 1. The van der Waals surface area contributed by atoms with Crippen molar-refractivity contribution in [3.8, 4) is 5.75 Å². The van der Waals surface area contributed by atoms with Crippen molar-refractivity contribution in [2.45, 2.75) is 26.3 Å². The number of rotatable bonds is 2. The van der Waals surface area contributed by atoms with E-state index < -0.39 is 0 Å². The Morgan fingerprint density at radius 1 is 1.38 bits per heavy atom. The maximum Gasteiger partial charge on any atom is 0.255 e. The van der Waals surface area contributed by atoms with Crippen molar-refractivity contribution in [2.24, 2.45) is 0 Å². The van der Waals surface area contributed by atoms with Crippen LogP contribution in [0.4, 0.5) is 5.69 Å². The number of nitrogens with one attached hydrogen (secondary N) is 1. The van der Waals surface area contributed by atoms with Gasteiger partial charge in [0.1, 0.15) is 5.75 Å². The summed E-state index contributed by atoms with van der Waals surface area (Å²) in [5, 5.41) is 2.87. The molecule has 0 saturated carbocycles. The Bertz CT molecular complexity index is 394. The Morgan fingerprint density at radius 2 is 2.00 bits per heavy atom. The summed E-state index contributed by atoms with van der Waals surface area (Å²) in [5.74, 6) is 0.325. The summed E-state index contributed by atoms with van der Waals surface area (Å²) >= 11 is 0. The van der Waals surface area contributed by atoms with Crippen molar-refractivity contribution in [3.05, 3.63) is 23.8 Å². The predicted molar refractivity (Wildman–Crippen MR) is 64.6 cm³/mol. The van der Waals surface area contributed by atoms with Crippen molar-refractivity contribution >= 4 is 11.6 Å². The second-order valence-electron chi connectivity index (χ2n) is 4.66. The molecule has 0 heterocycles. The van der Waals surface area contributed by atoms with Gasteiger partial charge >= 0.3 is 0 Å². The van der Waals surface area contributed by atoms with Crippen LogP contribution < -0.4 is 15.8 Å². The summed E-state index contributed by atoms with van der Waals surface area (Å²) in [5.41, 5.74) is 6.41. The highest BCUT2D eigenvalue weighted by Gasteiger charge is 2.18. The molecule has 0 unspecified atom stereocenters. The smallest absolute Gasteiger partial charge is 0.255 e.